The first-order chi connectivity index (χ1) is 8.13. The van der Waals surface area contributed by atoms with Crippen molar-refractivity contribution in [3.05, 3.63) is 50.5 Å². The molecule has 0 aliphatic heterocycles. The Balaban J connectivity index is 2.63. The smallest absolute Gasteiger partial charge is 0.258 e. The van der Waals surface area contributed by atoms with Gasteiger partial charge in [-0.3, -0.25) is 10.1 Å². The molecule has 0 bridgehead atoms. The number of hydrogen-bond donors (Lipinski definition) is 0. The standard InChI is InChI=1S/C11H5FN2O2S/c12-10-2-1-7(14(15)16)5-9(10)8-3-4-17-11(8)6-13/h1-5H. The van der Waals surface area contributed by atoms with E-state index < -0.39 is 10.7 Å². The van der Waals surface area contributed by atoms with Crippen LogP contribution in [-0.4, -0.2) is 4.92 Å². The van der Waals surface area contributed by atoms with Crippen LogP contribution in [-0.2, 0) is 0 Å². The van der Waals surface area contributed by atoms with Crippen LogP contribution >= 0.6 is 11.3 Å². The number of nitrogens with zero attached hydrogens (tertiary/aromatic N) is 2. The summed E-state index contributed by atoms with van der Waals surface area (Å²) in [5.41, 5.74) is 0.271. The molecule has 1 aromatic carbocycles. The van der Waals surface area contributed by atoms with Crippen LogP contribution in [0.25, 0.3) is 11.1 Å². The van der Waals surface area contributed by atoms with E-state index in [9.17, 15) is 14.5 Å². The number of nitriles is 1. The van der Waals surface area contributed by atoms with E-state index in [0.717, 1.165) is 18.2 Å². The molecule has 2 aromatic rings. The van der Waals surface area contributed by atoms with Gasteiger partial charge in [0.25, 0.3) is 5.69 Å². The number of thiophene rings is 1. The molecule has 17 heavy (non-hydrogen) atoms. The van der Waals surface area contributed by atoms with Gasteiger partial charge in [-0.2, -0.15) is 5.26 Å². The molecule has 0 aliphatic rings. The van der Waals surface area contributed by atoms with Crippen molar-refractivity contribution in [3.63, 3.8) is 0 Å². The van der Waals surface area contributed by atoms with E-state index in [1.54, 1.807) is 11.4 Å². The first kappa shape index (κ1) is 11.2. The second kappa shape index (κ2) is 4.31. The van der Waals surface area contributed by atoms with Crippen molar-refractivity contribution >= 4 is 17.0 Å². The summed E-state index contributed by atoms with van der Waals surface area (Å²) in [5, 5.41) is 21.1. The summed E-state index contributed by atoms with van der Waals surface area (Å²) in [7, 11) is 0. The molecule has 0 unspecified atom stereocenters. The van der Waals surface area contributed by atoms with Gasteiger partial charge in [0.05, 0.1) is 4.92 Å². The van der Waals surface area contributed by atoms with Gasteiger partial charge in [-0.1, -0.05) is 0 Å². The maximum Gasteiger partial charge on any atom is 0.270 e. The highest BCUT2D eigenvalue weighted by Gasteiger charge is 2.15. The maximum atomic E-state index is 13.6. The first-order valence-corrected chi connectivity index (χ1v) is 5.43. The van der Waals surface area contributed by atoms with Crippen LogP contribution in [0.2, 0.25) is 0 Å². The quantitative estimate of drug-likeness (QED) is 0.604. The van der Waals surface area contributed by atoms with Crippen molar-refractivity contribution in [2.75, 3.05) is 0 Å². The van der Waals surface area contributed by atoms with Gasteiger partial charge in [0.2, 0.25) is 0 Å². The number of nitro groups is 1. The Labute approximate surface area is 99.7 Å². The number of benzene rings is 1. The van der Waals surface area contributed by atoms with E-state index in [1.807, 2.05) is 6.07 Å². The molecular weight excluding hydrogens is 243 g/mol. The number of rotatable bonds is 2. The molecular formula is C11H5FN2O2S. The Bertz CT molecular complexity index is 631. The molecule has 0 radical (unpaired) electrons. The lowest BCUT2D eigenvalue weighted by atomic mass is 10.1. The van der Waals surface area contributed by atoms with Crippen molar-refractivity contribution in [3.8, 4) is 17.2 Å². The number of hydrogen-bond acceptors (Lipinski definition) is 4. The molecule has 1 heterocycles. The Kier molecular flexibility index (Phi) is 2.85. The Morgan fingerprint density at radius 3 is 2.76 bits per heavy atom. The summed E-state index contributed by atoms with van der Waals surface area (Å²) in [6.07, 6.45) is 0. The van der Waals surface area contributed by atoms with Crippen molar-refractivity contribution < 1.29 is 9.31 Å². The van der Waals surface area contributed by atoms with Crippen LogP contribution in [0, 0.1) is 27.3 Å². The van der Waals surface area contributed by atoms with Gasteiger partial charge < -0.3 is 0 Å². The Hall–Kier alpha value is -2.26. The molecule has 0 aliphatic carbocycles. The second-order valence-electron chi connectivity index (χ2n) is 3.20. The molecule has 0 saturated carbocycles. The molecule has 6 heteroatoms. The SMILES string of the molecule is N#Cc1sccc1-c1cc([N+](=O)[O-])ccc1F. The second-order valence-corrected chi connectivity index (χ2v) is 4.11. The minimum absolute atomic E-state index is 0.0806. The summed E-state index contributed by atoms with van der Waals surface area (Å²) in [5.74, 6) is -0.578. The van der Waals surface area contributed by atoms with E-state index in [2.05, 4.69) is 0 Å². The topological polar surface area (TPSA) is 66.9 Å². The lowest BCUT2D eigenvalue weighted by Gasteiger charge is -2.01. The van der Waals surface area contributed by atoms with Crippen molar-refractivity contribution in [1.29, 1.82) is 5.26 Å². The molecule has 0 N–H and O–H groups in total. The molecule has 0 fully saturated rings. The fourth-order valence-corrected chi connectivity index (χ4v) is 2.14. The molecule has 1 aromatic heterocycles. The molecule has 2 rings (SSSR count). The van der Waals surface area contributed by atoms with E-state index in [-0.39, 0.29) is 11.3 Å². The van der Waals surface area contributed by atoms with Crippen molar-refractivity contribution in [2.45, 2.75) is 0 Å². The normalized spacial score (nSPS) is 9.88. The molecule has 0 saturated heterocycles. The van der Waals surface area contributed by atoms with Crippen molar-refractivity contribution in [2.24, 2.45) is 0 Å². The van der Waals surface area contributed by atoms with Crippen molar-refractivity contribution in [1.82, 2.24) is 0 Å². The van der Waals surface area contributed by atoms with Crippen LogP contribution < -0.4 is 0 Å². The Morgan fingerprint density at radius 2 is 2.12 bits per heavy atom. The predicted octanol–water partition coefficient (Wildman–Crippen LogP) is 3.33. The third-order valence-corrected chi connectivity index (χ3v) is 3.04. The van der Waals surface area contributed by atoms with Gasteiger partial charge in [-0.25, -0.2) is 4.39 Å². The van der Waals surface area contributed by atoms with Crippen LogP contribution in [0.4, 0.5) is 10.1 Å². The highest BCUT2D eigenvalue weighted by molar-refractivity contribution is 7.11. The largest absolute Gasteiger partial charge is 0.270 e. The molecule has 4 nitrogen and oxygen atoms in total. The van der Waals surface area contributed by atoms with Gasteiger partial charge in [0, 0.05) is 23.3 Å². The number of non-ortho nitro benzene ring substituents is 1. The average Bonchev–Trinajstić information content (AvgIpc) is 2.77. The van der Waals surface area contributed by atoms with E-state index >= 15 is 0 Å². The molecule has 0 amide bonds. The summed E-state index contributed by atoms with van der Waals surface area (Å²) < 4.78 is 13.6. The monoisotopic (exact) mass is 248 g/mol. The van der Waals surface area contributed by atoms with Crippen LogP contribution in [0.1, 0.15) is 4.88 Å². The minimum Gasteiger partial charge on any atom is -0.258 e. The number of nitro benzene ring substituents is 1. The highest BCUT2D eigenvalue weighted by atomic mass is 32.1. The fraction of sp³-hybridized carbons (Fsp3) is 0. The molecule has 84 valence electrons. The first-order valence-electron chi connectivity index (χ1n) is 4.55. The lowest BCUT2D eigenvalue weighted by Crippen LogP contribution is -1.91. The zero-order valence-corrected chi connectivity index (χ0v) is 9.20. The van der Waals surface area contributed by atoms with E-state index in [1.165, 1.54) is 11.3 Å². The summed E-state index contributed by atoms with van der Waals surface area (Å²) in [6, 6.07) is 6.77. The van der Waals surface area contributed by atoms with Gasteiger partial charge in [0.1, 0.15) is 16.8 Å². The third kappa shape index (κ3) is 2.00. The Morgan fingerprint density at radius 1 is 1.35 bits per heavy atom. The van der Waals surface area contributed by atoms with E-state index in [0.29, 0.717) is 10.4 Å². The summed E-state index contributed by atoms with van der Waals surface area (Å²) in [4.78, 5) is 10.4. The lowest BCUT2D eigenvalue weighted by molar-refractivity contribution is -0.384. The predicted molar refractivity (Wildman–Crippen MR) is 61.1 cm³/mol. The summed E-state index contributed by atoms with van der Waals surface area (Å²) >= 11 is 1.17. The highest BCUT2D eigenvalue weighted by Crippen LogP contribution is 2.32. The van der Waals surface area contributed by atoms with Gasteiger partial charge >= 0.3 is 0 Å². The van der Waals surface area contributed by atoms with Gasteiger partial charge in [-0.15, -0.1) is 11.3 Å². The fourth-order valence-electron chi connectivity index (χ4n) is 1.44. The number of halogens is 1. The maximum absolute atomic E-state index is 13.6. The molecule has 0 spiro atoms. The van der Waals surface area contributed by atoms with Crippen LogP contribution in [0.3, 0.4) is 0 Å². The van der Waals surface area contributed by atoms with E-state index in [4.69, 9.17) is 5.26 Å². The van der Waals surface area contributed by atoms with Crippen LogP contribution in [0.5, 0.6) is 0 Å². The third-order valence-electron chi connectivity index (χ3n) is 2.22. The van der Waals surface area contributed by atoms with Gasteiger partial charge in [-0.05, 0) is 17.5 Å². The van der Waals surface area contributed by atoms with Gasteiger partial charge in [0.15, 0.2) is 0 Å². The average molecular weight is 248 g/mol. The van der Waals surface area contributed by atoms with Crippen LogP contribution in [0.15, 0.2) is 29.6 Å². The zero-order chi connectivity index (χ0) is 12.4. The minimum atomic E-state index is -0.596. The summed E-state index contributed by atoms with van der Waals surface area (Å²) in [6.45, 7) is 0. The molecule has 0 atom stereocenters. The zero-order valence-electron chi connectivity index (χ0n) is 8.38.